The molecule has 99 heavy (non-hydrogen) atoms. The first-order valence-corrected chi connectivity index (χ1v) is 33.9. The minimum atomic E-state index is -1.79. The molecule has 1 fully saturated rings. The largest absolute Gasteiger partial charge is 0.508 e. The fourth-order valence-corrected chi connectivity index (χ4v) is 10.6. The van der Waals surface area contributed by atoms with Gasteiger partial charge in [-0.2, -0.15) is 0 Å². The Hall–Kier alpha value is -9.41. The first kappa shape index (κ1) is 85.7. The van der Waals surface area contributed by atoms with E-state index in [0.29, 0.717) is 63.5 Å². The molecule has 0 radical (unpaired) electrons. The minimum absolute atomic E-state index is 0.00309. The summed E-state index contributed by atoms with van der Waals surface area (Å²) in [6.07, 6.45) is 0.464. The summed E-state index contributed by atoms with van der Waals surface area (Å²) in [7, 11) is 0. The van der Waals surface area contributed by atoms with Crippen LogP contribution in [0.25, 0.3) is 0 Å². The maximum Gasteiger partial charge on any atom is 0.303 e. The lowest BCUT2D eigenvalue weighted by Crippen LogP contribution is -2.61. The minimum Gasteiger partial charge on any atom is -0.508 e. The lowest BCUT2D eigenvalue weighted by Gasteiger charge is -2.35. The van der Waals surface area contributed by atoms with Gasteiger partial charge in [0.15, 0.2) is 11.9 Å². The molecule has 0 aliphatic carbocycles. The Morgan fingerprint density at radius 2 is 1.00 bits per heavy atom. The molecule has 0 spiro atoms. The third-order valence-electron chi connectivity index (χ3n) is 16.5. The van der Waals surface area contributed by atoms with Crippen LogP contribution in [0.1, 0.15) is 169 Å². The van der Waals surface area contributed by atoms with Crippen molar-refractivity contribution in [1.82, 2.24) is 52.8 Å². The number of amides is 11. The molecule has 2 rings (SSSR count). The zero-order chi connectivity index (χ0) is 74.3. The van der Waals surface area contributed by atoms with E-state index in [4.69, 9.17) is 40.1 Å². The number of carboxylic acid groups (broad SMARTS) is 2. The van der Waals surface area contributed by atoms with Gasteiger partial charge in [-0.3, -0.25) is 72.3 Å². The van der Waals surface area contributed by atoms with Gasteiger partial charge in [-0.25, -0.2) is 0 Å². The fourth-order valence-electron chi connectivity index (χ4n) is 10.6. The topological polar surface area (TPSA) is 601 Å². The molecule has 0 aromatic heterocycles. The van der Waals surface area contributed by atoms with Gasteiger partial charge < -0.3 is 108 Å². The van der Waals surface area contributed by atoms with Crippen molar-refractivity contribution in [1.29, 1.82) is 0 Å². The molecular weight excluding hydrogens is 1290 g/mol. The Labute approximate surface area is 577 Å². The summed E-state index contributed by atoms with van der Waals surface area (Å²) in [5.41, 5.74) is 39.6. The Morgan fingerprint density at radius 3 is 1.48 bits per heavy atom. The third-order valence-corrected chi connectivity index (χ3v) is 16.5. The highest BCUT2D eigenvalue weighted by Crippen LogP contribution is 2.19. The number of benzene rings is 1. The van der Waals surface area contributed by atoms with Gasteiger partial charge in [0.25, 0.3) is 0 Å². The summed E-state index contributed by atoms with van der Waals surface area (Å²) in [5.74, 6) is -13.5. The standard InChI is InChI=1S/C64H109N19O16/c1-6-37(4)52-62(99)83(33-13-7-8-20-49(85)74-42(59(96)82-52)18-14-31-72-63(68)69)38(5)54(91)76-44(19-15-32-73-64(70)71)56(93)80-47(34-36(2)3)60(97)79-46(26-28-51(88)89)58(95)78-45(25-27-50(86)87)57(94)77-43(17-10-12-30-66)55(92)81-48(35-39-21-23-40(84)24-22-39)61(98)75-41(53(67)90)16-9-11-29-65/h21-24,36-38,41-48,52,84H,6-20,25-35,65-66H2,1-5H3,(H2,67,90)(H,74,85)(H,75,98)(H,76,91)(H,77,94)(H,78,95)(H,79,97)(H,80,93)(H,81,92)(H,82,96)(H,86,87)(H,88,89)(H4,68,69,72)(H4,70,71,73)/t37-,38-,41-,42-,43-,44-,45-,46-,47-,48-,52-/m0/s1. The number of nitrogens with two attached hydrogens (primary N) is 7. The number of carboxylic acids is 2. The van der Waals surface area contributed by atoms with Crippen molar-refractivity contribution in [2.45, 2.75) is 230 Å². The van der Waals surface area contributed by atoms with Crippen molar-refractivity contribution < 1.29 is 77.6 Å². The molecule has 1 aromatic carbocycles. The zero-order valence-electron chi connectivity index (χ0n) is 57.7. The average molecular weight is 1400 g/mol. The molecule has 0 saturated carbocycles. The number of phenolic OH excluding ortho intramolecular Hbond substituents is 1. The molecule has 556 valence electrons. The van der Waals surface area contributed by atoms with Crippen molar-refractivity contribution >= 4 is 88.8 Å². The smallest absolute Gasteiger partial charge is 0.303 e. The number of rotatable bonds is 44. The number of carbonyl (C=O) groups is 13. The fraction of sp³-hybridized carbons (Fsp3) is 0.672. The first-order chi connectivity index (χ1) is 46.8. The maximum absolute atomic E-state index is 14.8. The SMILES string of the molecule is CC[C@H](C)[C@@H]1NC(=O)[C@H](CCCN=C(N)N)NC(=O)CCCCCN([C@@H](C)C(=O)N[C@@H](CCCN=C(N)N)C(=O)N[C@@H](CC(C)C)C(=O)N[C@@H](CCC(=O)O)C(=O)N[C@@H](CCC(=O)O)C(=O)N[C@@H](CCCCN)C(=O)N[C@@H](Cc2ccc(O)cc2)C(=O)N[C@@H](CCCCN)C(N)=O)C1=O. The number of hydrogen-bond donors (Lipinski definition) is 19. The van der Waals surface area contributed by atoms with E-state index in [-0.39, 0.29) is 113 Å². The normalized spacial score (nSPS) is 17.1. The Morgan fingerprint density at radius 1 is 0.556 bits per heavy atom. The molecule has 1 heterocycles. The summed E-state index contributed by atoms with van der Waals surface area (Å²) >= 11 is 0. The van der Waals surface area contributed by atoms with Gasteiger partial charge in [0.2, 0.25) is 65.0 Å². The van der Waals surface area contributed by atoms with Gasteiger partial charge in [-0.15, -0.1) is 0 Å². The molecule has 0 unspecified atom stereocenters. The number of primary amides is 1. The summed E-state index contributed by atoms with van der Waals surface area (Å²) in [5, 5.41) is 53.1. The number of unbranched alkanes of at least 4 members (excludes halogenated alkanes) is 2. The summed E-state index contributed by atoms with van der Waals surface area (Å²) < 4.78 is 0. The third kappa shape index (κ3) is 33.6. The van der Waals surface area contributed by atoms with Gasteiger partial charge in [-0.1, -0.05) is 52.7 Å². The maximum atomic E-state index is 14.8. The van der Waals surface area contributed by atoms with Crippen molar-refractivity contribution in [3.05, 3.63) is 29.8 Å². The van der Waals surface area contributed by atoms with Gasteiger partial charge in [0.1, 0.15) is 66.2 Å². The number of hydrogen-bond acceptors (Lipinski definition) is 18. The highest BCUT2D eigenvalue weighted by molar-refractivity contribution is 5.99. The molecule has 1 aliphatic heterocycles. The highest BCUT2D eigenvalue weighted by atomic mass is 16.4. The van der Waals surface area contributed by atoms with Crippen molar-refractivity contribution in [2.24, 2.45) is 62.0 Å². The van der Waals surface area contributed by atoms with E-state index in [2.05, 4.69) is 57.8 Å². The lowest BCUT2D eigenvalue weighted by molar-refractivity contribution is -0.145. The number of nitrogens with zero attached hydrogens (tertiary/aromatic N) is 3. The van der Waals surface area contributed by atoms with Gasteiger partial charge in [0, 0.05) is 45.3 Å². The lowest BCUT2D eigenvalue weighted by atomic mass is 9.96. The van der Waals surface area contributed by atoms with Crippen LogP contribution in [0.2, 0.25) is 0 Å². The number of aromatic hydroxyl groups is 1. The molecule has 11 atom stereocenters. The van der Waals surface area contributed by atoms with E-state index < -0.39 is 163 Å². The monoisotopic (exact) mass is 1400 g/mol. The Bertz CT molecular complexity index is 2890. The van der Waals surface area contributed by atoms with E-state index >= 15 is 0 Å². The second kappa shape index (κ2) is 46.0. The summed E-state index contributed by atoms with van der Waals surface area (Å²) in [4.78, 5) is 189. The van der Waals surface area contributed by atoms with E-state index in [1.54, 1.807) is 20.8 Å². The Kier molecular flexibility index (Phi) is 39.8. The van der Waals surface area contributed by atoms with Crippen LogP contribution in [0.15, 0.2) is 34.3 Å². The molecule has 0 bridgehead atoms. The second-order valence-electron chi connectivity index (χ2n) is 25.2. The van der Waals surface area contributed by atoms with Crippen LogP contribution in [-0.2, 0) is 68.7 Å². The van der Waals surface area contributed by atoms with Gasteiger partial charge >= 0.3 is 11.9 Å². The molecule has 1 aliphatic rings. The van der Waals surface area contributed by atoms with Crippen LogP contribution in [0.3, 0.4) is 0 Å². The average Bonchev–Trinajstić information content (AvgIpc) is 1.35. The summed E-state index contributed by atoms with van der Waals surface area (Å²) in [6.45, 7) is 9.01. The van der Waals surface area contributed by atoms with Gasteiger partial charge in [0.05, 0.1) is 0 Å². The predicted molar refractivity (Wildman–Crippen MR) is 366 cm³/mol. The number of aliphatic carboxylic acids is 2. The van der Waals surface area contributed by atoms with E-state index in [1.165, 1.54) is 36.1 Å². The molecule has 26 N–H and O–H groups in total. The highest BCUT2D eigenvalue weighted by Gasteiger charge is 2.39. The van der Waals surface area contributed by atoms with Crippen LogP contribution in [-0.4, -0.2) is 202 Å². The Balaban J connectivity index is 2.60. The van der Waals surface area contributed by atoms with E-state index in [1.807, 2.05) is 6.92 Å². The second-order valence-corrected chi connectivity index (χ2v) is 25.2. The van der Waals surface area contributed by atoms with Gasteiger partial charge in [-0.05, 0) is 146 Å². The zero-order valence-corrected chi connectivity index (χ0v) is 57.7. The van der Waals surface area contributed by atoms with Crippen LogP contribution >= 0.6 is 0 Å². The van der Waals surface area contributed by atoms with Crippen LogP contribution in [0.4, 0.5) is 0 Å². The van der Waals surface area contributed by atoms with Crippen LogP contribution in [0, 0.1) is 11.8 Å². The van der Waals surface area contributed by atoms with E-state index in [0.717, 1.165) is 0 Å². The number of nitrogens with one attached hydrogen (secondary N) is 9. The van der Waals surface area contributed by atoms with Crippen LogP contribution in [0.5, 0.6) is 5.75 Å². The number of phenols is 1. The van der Waals surface area contributed by atoms with Crippen molar-refractivity contribution in [2.75, 3.05) is 32.7 Å². The number of guanidine groups is 2. The molecule has 1 saturated heterocycles. The van der Waals surface area contributed by atoms with E-state index in [9.17, 15) is 77.6 Å². The van der Waals surface area contributed by atoms with Crippen LogP contribution < -0.4 is 88.0 Å². The quantitative estimate of drug-likeness (QED) is 0.0173. The molecule has 1 aromatic rings. The number of carbonyl (C=O) groups excluding carboxylic acids is 11. The van der Waals surface area contributed by atoms with Crippen molar-refractivity contribution in [3.63, 3.8) is 0 Å². The van der Waals surface area contributed by atoms with Crippen molar-refractivity contribution in [3.8, 4) is 5.75 Å². The molecule has 11 amide bonds. The molecule has 35 heteroatoms. The molecular formula is C64H109N19O16. The summed E-state index contributed by atoms with van der Waals surface area (Å²) in [6, 6.07) is -8.50. The number of aliphatic imine (C=N–C) groups is 2. The first-order valence-electron chi connectivity index (χ1n) is 33.9. The molecule has 35 nitrogen and oxygen atoms in total. The predicted octanol–water partition coefficient (Wildman–Crippen LogP) is -3.24.